The molecule has 82 heavy (non-hydrogen) atoms. The summed E-state index contributed by atoms with van der Waals surface area (Å²) in [5, 5.41) is 2.59. The van der Waals surface area contributed by atoms with Gasteiger partial charge in [0.1, 0.15) is 0 Å². The van der Waals surface area contributed by atoms with Crippen LogP contribution in [-0.4, -0.2) is 4.57 Å². The first kappa shape index (κ1) is 50.1. The molecule has 1 aliphatic heterocycles. The van der Waals surface area contributed by atoms with Gasteiger partial charge in [0.2, 0.25) is 0 Å². The Morgan fingerprint density at radius 3 is 1.41 bits per heavy atom. The van der Waals surface area contributed by atoms with Gasteiger partial charge in [-0.2, -0.15) is 0 Å². The number of fused-ring (bicyclic) bond motifs is 10. The summed E-state index contributed by atoms with van der Waals surface area (Å²) in [6, 6.07) is 79.0. The average molecular weight is 1060 g/mol. The molecule has 3 heteroatoms. The Hall–Kier alpha value is -8.92. The zero-order valence-corrected chi connectivity index (χ0v) is 49.0. The number of allylic oxidation sites excluding steroid dienone is 4. The van der Waals surface area contributed by atoms with Crippen molar-refractivity contribution in [2.45, 2.75) is 98.3 Å². The first-order valence-corrected chi connectivity index (χ1v) is 29.5. The zero-order valence-electron chi connectivity index (χ0n) is 49.0. The maximum Gasteiger partial charge on any atom is 0.0582 e. The van der Waals surface area contributed by atoms with Gasteiger partial charge in [-0.3, -0.25) is 0 Å². The summed E-state index contributed by atoms with van der Waals surface area (Å²) in [4.78, 5) is 4.89. The van der Waals surface area contributed by atoms with Crippen molar-refractivity contribution in [2.75, 3.05) is 9.80 Å². The molecular formula is C79H69N3. The van der Waals surface area contributed by atoms with Gasteiger partial charge in [0.25, 0.3) is 0 Å². The first-order valence-electron chi connectivity index (χ1n) is 29.5. The van der Waals surface area contributed by atoms with E-state index in [2.05, 4.69) is 296 Å². The Labute approximate surface area is 484 Å². The maximum atomic E-state index is 2.56. The fraction of sp³-hybridized carbons (Fsp3) is 0.190. The largest absolute Gasteiger partial charge is 0.314 e. The van der Waals surface area contributed by atoms with E-state index in [-0.39, 0.29) is 16.2 Å². The second kappa shape index (κ2) is 18.0. The van der Waals surface area contributed by atoms with Crippen LogP contribution in [0.2, 0.25) is 0 Å². The lowest BCUT2D eigenvalue weighted by atomic mass is 9.73. The van der Waals surface area contributed by atoms with Gasteiger partial charge < -0.3 is 14.4 Å². The number of nitrogens with zero attached hydrogens (tertiary/aromatic N) is 3. The van der Waals surface area contributed by atoms with E-state index in [4.69, 9.17) is 0 Å². The molecule has 15 rings (SSSR count). The highest BCUT2D eigenvalue weighted by molar-refractivity contribution is 6.14. The van der Waals surface area contributed by atoms with Crippen LogP contribution in [0, 0.1) is 27.7 Å². The lowest BCUT2D eigenvalue weighted by Gasteiger charge is -2.35. The predicted octanol–water partition coefficient (Wildman–Crippen LogP) is 21.3. The molecule has 4 aliphatic rings. The molecule has 400 valence electrons. The lowest BCUT2D eigenvalue weighted by molar-refractivity contribution is 0.630. The van der Waals surface area contributed by atoms with Crippen LogP contribution in [0.25, 0.3) is 66.4 Å². The number of aromatic nitrogens is 1. The molecule has 0 radical (unpaired) electrons. The Morgan fingerprint density at radius 2 is 0.805 bits per heavy atom. The van der Waals surface area contributed by atoms with E-state index in [0.29, 0.717) is 0 Å². The minimum atomic E-state index is -0.228. The molecule has 3 nitrogen and oxygen atoms in total. The van der Waals surface area contributed by atoms with E-state index in [0.717, 1.165) is 24.2 Å². The van der Waals surface area contributed by atoms with Crippen molar-refractivity contribution in [1.82, 2.24) is 4.57 Å². The molecule has 0 fully saturated rings. The zero-order chi connectivity index (χ0) is 56.1. The number of para-hydroxylation sites is 1. The molecule has 0 saturated heterocycles. The molecule has 3 aliphatic carbocycles. The van der Waals surface area contributed by atoms with Gasteiger partial charge in [0.15, 0.2) is 0 Å². The van der Waals surface area contributed by atoms with Gasteiger partial charge in [0.05, 0.1) is 16.7 Å². The number of rotatable bonds is 8. The number of hydrogen-bond acceptors (Lipinski definition) is 2. The van der Waals surface area contributed by atoms with Gasteiger partial charge in [-0.25, -0.2) is 0 Å². The molecule has 0 unspecified atom stereocenters. The SMILES string of the molecule is Cc1ccc(N(C2=CC3=C(CC2)c2ccc(-c4cc5c6c(c4)c4cc(-c7ccc8c(c7)C(C)(C)c7cc(N(c9ccc(C)cc9)c9ccc(C)cc9)ccc7-8)ccc4n6-c4ccccc4C5(C)C)cc2C3(C)C)c2ccc(C)cc2)cc1. The molecular weight excluding hydrogens is 991 g/mol. The normalized spacial score (nSPS) is 15.7. The smallest absolute Gasteiger partial charge is 0.0582 e. The highest BCUT2D eigenvalue weighted by atomic mass is 15.2. The van der Waals surface area contributed by atoms with Crippen LogP contribution in [0.15, 0.2) is 224 Å². The van der Waals surface area contributed by atoms with Crippen LogP contribution in [0.3, 0.4) is 0 Å². The number of aryl methyl sites for hydroxylation is 4. The molecule has 0 saturated carbocycles. The van der Waals surface area contributed by atoms with E-state index in [1.54, 1.807) is 0 Å². The third-order valence-electron chi connectivity index (χ3n) is 19.4. The van der Waals surface area contributed by atoms with Gasteiger partial charge in [-0.1, -0.05) is 167 Å². The Bertz CT molecular complexity index is 4440. The van der Waals surface area contributed by atoms with Gasteiger partial charge in [-0.05, 0) is 228 Å². The summed E-state index contributed by atoms with van der Waals surface area (Å²) in [5.41, 5.74) is 34.3. The summed E-state index contributed by atoms with van der Waals surface area (Å²) in [6.45, 7) is 23.2. The summed E-state index contributed by atoms with van der Waals surface area (Å²) in [5.74, 6) is 0. The molecule has 0 spiro atoms. The molecule has 1 aromatic heterocycles. The van der Waals surface area contributed by atoms with Gasteiger partial charge in [-0.15, -0.1) is 0 Å². The van der Waals surface area contributed by atoms with Crippen molar-refractivity contribution >= 4 is 55.8 Å². The van der Waals surface area contributed by atoms with Crippen molar-refractivity contribution < 1.29 is 0 Å². The fourth-order valence-electron chi connectivity index (χ4n) is 14.7. The quantitative estimate of drug-likeness (QED) is 0.150. The van der Waals surface area contributed by atoms with E-state index >= 15 is 0 Å². The average Bonchev–Trinajstić information content (AvgIpc) is 3.02. The minimum Gasteiger partial charge on any atom is -0.314 e. The number of hydrogen-bond donors (Lipinski definition) is 0. The monoisotopic (exact) mass is 1060 g/mol. The summed E-state index contributed by atoms with van der Waals surface area (Å²) in [6.07, 6.45) is 4.51. The molecule has 0 amide bonds. The van der Waals surface area contributed by atoms with Crippen LogP contribution in [0.4, 0.5) is 28.4 Å². The van der Waals surface area contributed by atoms with Crippen molar-refractivity contribution in [2.24, 2.45) is 0 Å². The summed E-state index contributed by atoms with van der Waals surface area (Å²) < 4.78 is 2.56. The van der Waals surface area contributed by atoms with Crippen molar-refractivity contribution in [3.05, 3.63) is 279 Å². The van der Waals surface area contributed by atoms with E-state index in [1.807, 2.05) is 0 Å². The van der Waals surface area contributed by atoms with E-state index in [9.17, 15) is 0 Å². The topological polar surface area (TPSA) is 11.4 Å². The second-order valence-corrected chi connectivity index (χ2v) is 25.7. The Kier molecular flexibility index (Phi) is 11.0. The summed E-state index contributed by atoms with van der Waals surface area (Å²) in [7, 11) is 0. The second-order valence-electron chi connectivity index (χ2n) is 25.7. The first-order chi connectivity index (χ1) is 39.5. The van der Waals surface area contributed by atoms with Crippen molar-refractivity contribution in [3.63, 3.8) is 0 Å². The third-order valence-corrected chi connectivity index (χ3v) is 19.4. The molecule has 10 aromatic carbocycles. The number of anilines is 5. The van der Waals surface area contributed by atoms with Gasteiger partial charge >= 0.3 is 0 Å². The van der Waals surface area contributed by atoms with E-state index < -0.39 is 0 Å². The third kappa shape index (κ3) is 7.55. The van der Waals surface area contributed by atoms with Gasteiger partial charge in [0, 0.05) is 61.2 Å². The van der Waals surface area contributed by atoms with Crippen molar-refractivity contribution in [3.8, 4) is 39.1 Å². The lowest BCUT2D eigenvalue weighted by Crippen LogP contribution is -2.26. The Balaban J connectivity index is 0.824. The van der Waals surface area contributed by atoms with Crippen LogP contribution in [0.5, 0.6) is 0 Å². The molecule has 0 bridgehead atoms. The standard InChI is InChI=1S/C79H69N3/c1-48-15-26-56(27-16-48)80(57-28-17-49(2)18-29-57)60-34-38-64-62-36-23-53(43-69(62)78(7,8)71(64)46-60)52-25-40-74-66(41-52)67-42-55(45-73-76(67)82(74)75-14-12-11-13-68(75)77(73,5)6)54-24-37-63-65-39-35-61(47-72(65)79(9,10)70(63)44-54)81(58-30-19-50(3)20-31-58)59-32-21-51(4)22-33-59/h11-34,36-38,40-47H,35,39H2,1-10H3. The highest BCUT2D eigenvalue weighted by Crippen LogP contribution is 2.56. The highest BCUT2D eigenvalue weighted by Gasteiger charge is 2.41. The minimum absolute atomic E-state index is 0.183. The van der Waals surface area contributed by atoms with Crippen LogP contribution < -0.4 is 9.80 Å². The fourth-order valence-corrected chi connectivity index (χ4v) is 14.7. The molecule has 0 N–H and O–H groups in total. The van der Waals surface area contributed by atoms with Crippen LogP contribution in [0.1, 0.15) is 110 Å². The predicted molar refractivity (Wildman–Crippen MR) is 347 cm³/mol. The van der Waals surface area contributed by atoms with Crippen molar-refractivity contribution in [1.29, 1.82) is 0 Å². The van der Waals surface area contributed by atoms with Crippen LogP contribution in [-0.2, 0) is 16.2 Å². The van der Waals surface area contributed by atoms with Crippen LogP contribution >= 0.6 is 0 Å². The summed E-state index contributed by atoms with van der Waals surface area (Å²) >= 11 is 0. The Morgan fingerprint density at radius 1 is 0.354 bits per heavy atom. The van der Waals surface area contributed by atoms with E-state index in [1.165, 1.54) is 150 Å². The maximum absolute atomic E-state index is 2.56. The molecule has 2 heterocycles. The molecule has 0 atom stereocenters. The molecule has 11 aromatic rings. The number of benzene rings is 10.